The van der Waals surface area contributed by atoms with E-state index in [1.54, 1.807) is 12.3 Å². The maximum atomic E-state index is 11.9. The van der Waals surface area contributed by atoms with Crippen LogP contribution in [-0.2, 0) is 0 Å². The van der Waals surface area contributed by atoms with E-state index in [2.05, 4.69) is 10.3 Å². The Bertz CT molecular complexity index is 443. The molecule has 0 unspecified atom stereocenters. The molecule has 15 heavy (non-hydrogen) atoms. The zero-order valence-electron chi connectivity index (χ0n) is 8.45. The lowest BCUT2D eigenvalue weighted by atomic mass is 10.1. The molecule has 2 aromatic rings. The van der Waals surface area contributed by atoms with Gasteiger partial charge in [0.15, 0.2) is 0 Å². The van der Waals surface area contributed by atoms with Crippen LogP contribution in [0.5, 0.6) is 0 Å². The Morgan fingerprint density at radius 1 is 1.20 bits per heavy atom. The molecule has 0 bridgehead atoms. The molecule has 0 amide bonds. The standard InChI is InChI=1S/C12H12N2O/c1-13-10-6-4-9(5-7-10)12(15)11-3-2-8-14-11/h2-8,13-14H,1H3. The predicted molar refractivity (Wildman–Crippen MR) is 60.2 cm³/mol. The van der Waals surface area contributed by atoms with Crippen LogP contribution in [-0.4, -0.2) is 17.8 Å². The van der Waals surface area contributed by atoms with E-state index >= 15 is 0 Å². The summed E-state index contributed by atoms with van der Waals surface area (Å²) in [5.41, 5.74) is 2.31. The van der Waals surface area contributed by atoms with Gasteiger partial charge >= 0.3 is 0 Å². The van der Waals surface area contributed by atoms with Crippen LogP contribution in [0.3, 0.4) is 0 Å². The Morgan fingerprint density at radius 3 is 2.47 bits per heavy atom. The highest BCUT2D eigenvalue weighted by atomic mass is 16.1. The highest BCUT2D eigenvalue weighted by molar-refractivity contribution is 6.07. The Balaban J connectivity index is 2.27. The normalized spacial score (nSPS) is 9.93. The molecule has 1 aromatic carbocycles. The van der Waals surface area contributed by atoms with Gasteiger partial charge in [-0.2, -0.15) is 0 Å². The first-order valence-corrected chi connectivity index (χ1v) is 4.77. The molecular weight excluding hydrogens is 188 g/mol. The molecule has 1 heterocycles. The van der Waals surface area contributed by atoms with Gasteiger partial charge in [-0.15, -0.1) is 0 Å². The van der Waals surface area contributed by atoms with Gasteiger partial charge in [0.1, 0.15) is 0 Å². The smallest absolute Gasteiger partial charge is 0.209 e. The monoisotopic (exact) mass is 200 g/mol. The summed E-state index contributed by atoms with van der Waals surface area (Å²) in [5.74, 6) is 0.0163. The second-order valence-corrected chi connectivity index (χ2v) is 3.24. The molecule has 0 saturated heterocycles. The number of H-pyrrole nitrogens is 1. The number of rotatable bonds is 3. The molecule has 0 atom stereocenters. The van der Waals surface area contributed by atoms with E-state index in [9.17, 15) is 4.79 Å². The van der Waals surface area contributed by atoms with Gasteiger partial charge in [-0.1, -0.05) is 0 Å². The summed E-state index contributed by atoms with van der Waals surface area (Å²) in [6.07, 6.45) is 1.75. The van der Waals surface area contributed by atoms with Gasteiger partial charge in [0.05, 0.1) is 5.69 Å². The Hall–Kier alpha value is -2.03. The fourth-order valence-electron chi connectivity index (χ4n) is 1.42. The number of hydrogen-bond donors (Lipinski definition) is 2. The summed E-state index contributed by atoms with van der Waals surface area (Å²) >= 11 is 0. The first-order valence-electron chi connectivity index (χ1n) is 4.77. The summed E-state index contributed by atoms with van der Waals surface area (Å²) < 4.78 is 0. The van der Waals surface area contributed by atoms with Crippen molar-refractivity contribution in [1.82, 2.24) is 4.98 Å². The number of anilines is 1. The van der Waals surface area contributed by atoms with Crippen LogP contribution in [0.15, 0.2) is 42.6 Å². The van der Waals surface area contributed by atoms with Gasteiger partial charge in [-0.25, -0.2) is 0 Å². The van der Waals surface area contributed by atoms with Gasteiger partial charge in [-0.05, 0) is 36.4 Å². The lowest BCUT2D eigenvalue weighted by Crippen LogP contribution is -2.01. The number of aromatic amines is 1. The zero-order valence-corrected chi connectivity index (χ0v) is 8.45. The fraction of sp³-hybridized carbons (Fsp3) is 0.0833. The van der Waals surface area contributed by atoms with Crippen molar-refractivity contribution in [3.63, 3.8) is 0 Å². The van der Waals surface area contributed by atoms with E-state index in [1.165, 1.54) is 0 Å². The number of carbonyl (C=O) groups excluding carboxylic acids is 1. The Labute approximate surface area is 88.1 Å². The molecule has 76 valence electrons. The van der Waals surface area contributed by atoms with Gasteiger partial charge in [-0.3, -0.25) is 4.79 Å². The van der Waals surface area contributed by atoms with Crippen LogP contribution < -0.4 is 5.32 Å². The molecule has 3 heteroatoms. The van der Waals surface area contributed by atoms with Crippen molar-refractivity contribution in [1.29, 1.82) is 0 Å². The van der Waals surface area contributed by atoms with Crippen molar-refractivity contribution in [2.24, 2.45) is 0 Å². The highest BCUT2D eigenvalue weighted by Crippen LogP contribution is 2.12. The second-order valence-electron chi connectivity index (χ2n) is 3.24. The molecule has 1 aromatic heterocycles. The van der Waals surface area contributed by atoms with Gasteiger partial charge < -0.3 is 10.3 Å². The SMILES string of the molecule is CNc1ccc(C(=O)c2ccc[nH]2)cc1. The van der Waals surface area contributed by atoms with Crippen molar-refractivity contribution in [3.05, 3.63) is 53.9 Å². The minimum atomic E-state index is 0.0163. The van der Waals surface area contributed by atoms with E-state index in [4.69, 9.17) is 0 Å². The quantitative estimate of drug-likeness (QED) is 0.746. The van der Waals surface area contributed by atoms with E-state index in [-0.39, 0.29) is 5.78 Å². The third kappa shape index (κ3) is 1.91. The van der Waals surface area contributed by atoms with E-state index in [0.717, 1.165) is 5.69 Å². The second kappa shape index (κ2) is 4.00. The fourth-order valence-corrected chi connectivity index (χ4v) is 1.42. The number of aromatic nitrogens is 1. The Kier molecular flexibility index (Phi) is 2.54. The molecule has 2 rings (SSSR count). The van der Waals surface area contributed by atoms with E-state index < -0.39 is 0 Å². The van der Waals surface area contributed by atoms with Crippen molar-refractivity contribution in [2.75, 3.05) is 12.4 Å². The summed E-state index contributed by atoms with van der Waals surface area (Å²) in [6.45, 7) is 0. The topological polar surface area (TPSA) is 44.9 Å². The molecule has 0 spiro atoms. The lowest BCUT2D eigenvalue weighted by Gasteiger charge is -2.01. The van der Waals surface area contributed by atoms with Crippen molar-refractivity contribution in [2.45, 2.75) is 0 Å². The third-order valence-electron chi connectivity index (χ3n) is 2.28. The minimum absolute atomic E-state index is 0.0163. The van der Waals surface area contributed by atoms with Crippen molar-refractivity contribution in [3.8, 4) is 0 Å². The van der Waals surface area contributed by atoms with Crippen LogP contribution in [0.2, 0.25) is 0 Å². The first kappa shape index (κ1) is 9.52. The lowest BCUT2D eigenvalue weighted by molar-refractivity contribution is 0.103. The van der Waals surface area contributed by atoms with Gasteiger partial charge in [0, 0.05) is 24.5 Å². The average molecular weight is 200 g/mol. The van der Waals surface area contributed by atoms with Crippen LogP contribution >= 0.6 is 0 Å². The van der Waals surface area contributed by atoms with Crippen molar-refractivity contribution >= 4 is 11.5 Å². The van der Waals surface area contributed by atoms with E-state index in [1.807, 2.05) is 37.4 Å². The zero-order chi connectivity index (χ0) is 10.7. The largest absolute Gasteiger partial charge is 0.388 e. The molecule has 0 aliphatic carbocycles. The molecule has 0 radical (unpaired) electrons. The van der Waals surface area contributed by atoms with Gasteiger partial charge in [0.2, 0.25) is 5.78 Å². The third-order valence-corrected chi connectivity index (χ3v) is 2.28. The Morgan fingerprint density at radius 2 is 1.93 bits per heavy atom. The molecule has 0 fully saturated rings. The van der Waals surface area contributed by atoms with Crippen LogP contribution in [0.4, 0.5) is 5.69 Å². The molecule has 2 N–H and O–H groups in total. The number of benzene rings is 1. The summed E-state index contributed by atoms with van der Waals surface area (Å²) in [6, 6.07) is 11.0. The number of ketones is 1. The molecule has 0 aliphatic rings. The van der Waals surface area contributed by atoms with Crippen molar-refractivity contribution < 1.29 is 4.79 Å². The predicted octanol–water partition coefficient (Wildman–Crippen LogP) is 2.29. The summed E-state index contributed by atoms with van der Waals surface area (Å²) in [7, 11) is 1.85. The van der Waals surface area contributed by atoms with E-state index in [0.29, 0.717) is 11.3 Å². The molecular formula is C12H12N2O. The minimum Gasteiger partial charge on any atom is -0.388 e. The molecule has 3 nitrogen and oxygen atoms in total. The number of hydrogen-bond acceptors (Lipinski definition) is 2. The maximum absolute atomic E-state index is 11.9. The van der Waals surface area contributed by atoms with Crippen LogP contribution in [0.25, 0.3) is 0 Å². The summed E-state index contributed by atoms with van der Waals surface area (Å²) in [5, 5.41) is 3.01. The van der Waals surface area contributed by atoms with Crippen LogP contribution in [0, 0.1) is 0 Å². The molecule has 0 aliphatic heterocycles. The first-order chi connectivity index (χ1) is 7.31. The summed E-state index contributed by atoms with van der Waals surface area (Å²) in [4.78, 5) is 14.8. The highest BCUT2D eigenvalue weighted by Gasteiger charge is 2.08. The number of nitrogens with one attached hydrogen (secondary N) is 2. The van der Waals surface area contributed by atoms with Crippen LogP contribution in [0.1, 0.15) is 16.1 Å². The van der Waals surface area contributed by atoms with Gasteiger partial charge in [0.25, 0.3) is 0 Å². The molecule has 0 saturated carbocycles. The number of carbonyl (C=O) groups is 1. The average Bonchev–Trinajstić information content (AvgIpc) is 2.82. The maximum Gasteiger partial charge on any atom is 0.209 e.